The van der Waals surface area contributed by atoms with Crippen molar-refractivity contribution in [2.45, 2.75) is 50.3 Å². The van der Waals surface area contributed by atoms with E-state index in [2.05, 4.69) is 34.9 Å². The van der Waals surface area contributed by atoms with E-state index in [-0.39, 0.29) is 17.4 Å². The molecular weight excluding hydrogens is 340 g/mol. The highest BCUT2D eigenvalue weighted by molar-refractivity contribution is 5.96. The van der Waals surface area contributed by atoms with Crippen LogP contribution in [0.15, 0.2) is 18.2 Å². The van der Waals surface area contributed by atoms with E-state index in [0.717, 1.165) is 37.6 Å². The molecular formula is C22H28N2O3. The lowest BCUT2D eigenvalue weighted by molar-refractivity contribution is -0.153. The molecule has 144 valence electrons. The summed E-state index contributed by atoms with van der Waals surface area (Å²) < 4.78 is 11.8. The zero-order valence-electron chi connectivity index (χ0n) is 16.4. The molecule has 1 amide bonds. The van der Waals surface area contributed by atoms with Gasteiger partial charge in [-0.1, -0.05) is 6.07 Å². The first-order valence-electron chi connectivity index (χ1n) is 10.4. The molecule has 4 fully saturated rings. The Balaban J connectivity index is 1.58. The fraction of sp³-hybridized carbons (Fsp3) is 0.682. The molecule has 6 rings (SSSR count). The van der Waals surface area contributed by atoms with Gasteiger partial charge in [-0.2, -0.15) is 0 Å². The van der Waals surface area contributed by atoms with Crippen LogP contribution in [0.1, 0.15) is 32.3 Å². The lowest BCUT2D eigenvalue weighted by Gasteiger charge is -2.60. The highest BCUT2D eigenvalue weighted by atomic mass is 16.5. The number of piperidine rings is 1. The maximum Gasteiger partial charge on any atom is 0.224 e. The molecule has 0 aromatic heterocycles. The lowest BCUT2D eigenvalue weighted by atomic mass is 9.53. The van der Waals surface area contributed by atoms with Crippen molar-refractivity contribution in [2.75, 3.05) is 31.7 Å². The fourth-order valence-corrected chi connectivity index (χ4v) is 7.59. The van der Waals surface area contributed by atoms with E-state index in [1.165, 1.54) is 12.0 Å². The van der Waals surface area contributed by atoms with E-state index in [1.807, 2.05) is 0 Å². The molecule has 5 heteroatoms. The van der Waals surface area contributed by atoms with E-state index in [0.29, 0.717) is 29.9 Å². The van der Waals surface area contributed by atoms with Crippen LogP contribution < -0.4 is 9.64 Å². The number of methoxy groups -OCH3 is 1. The molecule has 1 saturated carbocycles. The summed E-state index contributed by atoms with van der Waals surface area (Å²) in [6, 6.07) is 7.18. The molecule has 1 aromatic carbocycles. The zero-order chi connectivity index (χ0) is 18.5. The van der Waals surface area contributed by atoms with Crippen LogP contribution in [0.5, 0.6) is 5.75 Å². The van der Waals surface area contributed by atoms with Gasteiger partial charge in [0.1, 0.15) is 5.75 Å². The average molecular weight is 368 g/mol. The fourth-order valence-electron chi connectivity index (χ4n) is 7.59. The van der Waals surface area contributed by atoms with Crippen molar-refractivity contribution in [2.24, 2.45) is 17.8 Å². The molecule has 1 aromatic rings. The Bertz CT molecular complexity index is 826. The molecule has 0 radical (unpaired) electrons. The number of hydrogen-bond donors (Lipinski definition) is 0. The summed E-state index contributed by atoms with van der Waals surface area (Å²) in [5.74, 6) is 2.69. The zero-order valence-corrected chi connectivity index (χ0v) is 16.4. The van der Waals surface area contributed by atoms with Crippen LogP contribution in [0.2, 0.25) is 0 Å². The highest BCUT2D eigenvalue weighted by Gasteiger charge is 2.69. The second-order valence-electron chi connectivity index (χ2n) is 9.28. The number of anilines is 1. The van der Waals surface area contributed by atoms with E-state index in [9.17, 15) is 4.79 Å². The number of benzene rings is 1. The Labute approximate surface area is 160 Å². The van der Waals surface area contributed by atoms with Crippen LogP contribution in [0.4, 0.5) is 5.69 Å². The average Bonchev–Trinajstić information content (AvgIpc) is 3.20. The second-order valence-corrected chi connectivity index (χ2v) is 9.28. The molecule has 1 unspecified atom stereocenters. The predicted molar refractivity (Wildman–Crippen MR) is 102 cm³/mol. The normalized spacial score (nSPS) is 44.0. The Hall–Kier alpha value is -1.59. The summed E-state index contributed by atoms with van der Waals surface area (Å²) in [5, 5.41) is 0. The number of carbonyl (C=O) groups is 1. The molecule has 1 spiro atoms. The minimum atomic E-state index is 0.0589. The molecule has 27 heavy (non-hydrogen) atoms. The largest absolute Gasteiger partial charge is 0.497 e. The van der Waals surface area contributed by atoms with Gasteiger partial charge in [-0.15, -0.1) is 0 Å². The van der Waals surface area contributed by atoms with Crippen LogP contribution in [0, 0.1) is 17.8 Å². The Morgan fingerprint density at radius 1 is 1.30 bits per heavy atom. The van der Waals surface area contributed by atoms with Gasteiger partial charge in [0.05, 0.1) is 31.5 Å². The standard InChI is InChI=1S/C22H28N2O3/c1-12-16-10-23-7-6-22-18-5-4-14(26-3)8-19(18)24(13(2)25)21(22)17(11-27-12)15(16)9-20(22)23/h4-5,8,12,15-17,20-21H,6-7,9-11H2,1-3H3/t12-,15+,16+,17-,20+,21+,22?/m1/s1. The van der Waals surface area contributed by atoms with Gasteiger partial charge in [-0.3, -0.25) is 9.69 Å². The summed E-state index contributed by atoms with van der Waals surface area (Å²) in [6.45, 7) is 7.06. The number of rotatable bonds is 1. The Morgan fingerprint density at radius 2 is 2.15 bits per heavy atom. The van der Waals surface area contributed by atoms with Crippen molar-refractivity contribution < 1.29 is 14.3 Å². The van der Waals surface area contributed by atoms with E-state index in [1.54, 1.807) is 14.0 Å². The number of nitrogens with zero attached hydrogens (tertiary/aromatic N) is 2. The third-order valence-electron chi connectivity index (χ3n) is 8.56. The van der Waals surface area contributed by atoms with Crippen molar-refractivity contribution in [3.8, 4) is 5.75 Å². The summed E-state index contributed by atoms with van der Waals surface area (Å²) in [5.41, 5.74) is 2.51. The van der Waals surface area contributed by atoms with Crippen LogP contribution in [0.25, 0.3) is 0 Å². The Kier molecular flexibility index (Phi) is 3.19. The van der Waals surface area contributed by atoms with Crippen molar-refractivity contribution in [3.63, 3.8) is 0 Å². The maximum absolute atomic E-state index is 12.9. The second kappa shape index (κ2) is 5.26. The van der Waals surface area contributed by atoms with Gasteiger partial charge in [0.15, 0.2) is 0 Å². The number of carbonyl (C=O) groups excluding carboxylic acids is 1. The van der Waals surface area contributed by atoms with Crippen LogP contribution >= 0.6 is 0 Å². The van der Waals surface area contributed by atoms with Gasteiger partial charge in [0, 0.05) is 42.8 Å². The van der Waals surface area contributed by atoms with Crippen LogP contribution in [-0.2, 0) is 14.9 Å². The predicted octanol–water partition coefficient (Wildman–Crippen LogP) is 2.43. The van der Waals surface area contributed by atoms with Gasteiger partial charge >= 0.3 is 0 Å². The smallest absolute Gasteiger partial charge is 0.224 e. The Morgan fingerprint density at radius 3 is 2.93 bits per heavy atom. The lowest BCUT2D eigenvalue weighted by Crippen LogP contribution is -2.69. The van der Waals surface area contributed by atoms with Crippen LogP contribution in [0.3, 0.4) is 0 Å². The number of ether oxygens (including phenoxy) is 2. The van der Waals surface area contributed by atoms with Gasteiger partial charge < -0.3 is 14.4 Å². The van der Waals surface area contributed by atoms with Crippen molar-refractivity contribution in [3.05, 3.63) is 23.8 Å². The third kappa shape index (κ3) is 1.81. The van der Waals surface area contributed by atoms with Gasteiger partial charge in [-0.25, -0.2) is 0 Å². The molecule has 5 aliphatic rings. The van der Waals surface area contributed by atoms with Crippen LogP contribution in [-0.4, -0.2) is 55.8 Å². The van der Waals surface area contributed by atoms with Crippen molar-refractivity contribution in [1.82, 2.24) is 4.90 Å². The minimum absolute atomic E-state index is 0.0589. The first-order valence-corrected chi connectivity index (χ1v) is 10.4. The van der Waals surface area contributed by atoms with E-state index < -0.39 is 0 Å². The van der Waals surface area contributed by atoms with Gasteiger partial charge in [-0.05, 0) is 43.9 Å². The summed E-state index contributed by atoms with van der Waals surface area (Å²) in [4.78, 5) is 17.7. The molecule has 2 bridgehead atoms. The molecule has 4 heterocycles. The number of fused-ring (bicyclic) bond motifs is 2. The van der Waals surface area contributed by atoms with E-state index >= 15 is 0 Å². The first-order chi connectivity index (χ1) is 13.1. The molecule has 5 nitrogen and oxygen atoms in total. The number of amides is 1. The third-order valence-corrected chi connectivity index (χ3v) is 8.56. The molecule has 1 aliphatic carbocycles. The summed E-state index contributed by atoms with van der Waals surface area (Å²) in [6.07, 6.45) is 2.74. The monoisotopic (exact) mass is 368 g/mol. The molecule has 0 N–H and O–H groups in total. The molecule has 3 saturated heterocycles. The SMILES string of the molecule is COc1ccc2c(c1)N(C(C)=O)[C@H]1[C@@H]3CO[C@H](C)[C@@H]4CN5CCC21[C@@H]5C[C@H]34. The van der Waals surface area contributed by atoms with Gasteiger partial charge in [0.2, 0.25) is 5.91 Å². The highest BCUT2D eigenvalue weighted by Crippen LogP contribution is 2.64. The van der Waals surface area contributed by atoms with Crippen molar-refractivity contribution in [1.29, 1.82) is 0 Å². The van der Waals surface area contributed by atoms with Crippen molar-refractivity contribution >= 4 is 11.6 Å². The number of hydrogen-bond acceptors (Lipinski definition) is 4. The summed E-state index contributed by atoms with van der Waals surface area (Å²) in [7, 11) is 1.70. The topological polar surface area (TPSA) is 42.0 Å². The quantitative estimate of drug-likeness (QED) is 0.764. The summed E-state index contributed by atoms with van der Waals surface area (Å²) >= 11 is 0. The van der Waals surface area contributed by atoms with Gasteiger partial charge in [0.25, 0.3) is 0 Å². The maximum atomic E-state index is 12.9. The molecule has 4 aliphatic heterocycles. The first kappa shape index (κ1) is 16.4. The minimum Gasteiger partial charge on any atom is -0.497 e. The molecule has 7 atom stereocenters. The van der Waals surface area contributed by atoms with E-state index in [4.69, 9.17) is 9.47 Å².